The topological polar surface area (TPSA) is 120 Å². The number of hydrogen-bond acceptors (Lipinski definition) is 6. The van der Waals surface area contributed by atoms with E-state index in [1.807, 2.05) is 24.4 Å². The van der Waals surface area contributed by atoms with Gasteiger partial charge in [-0.2, -0.15) is 4.98 Å². The summed E-state index contributed by atoms with van der Waals surface area (Å²) in [7, 11) is 0. The molecule has 8 heteroatoms. The predicted octanol–water partition coefficient (Wildman–Crippen LogP) is 4.67. The van der Waals surface area contributed by atoms with E-state index >= 15 is 0 Å². The lowest BCUT2D eigenvalue weighted by Crippen LogP contribution is -2.26. The van der Waals surface area contributed by atoms with E-state index in [2.05, 4.69) is 21.4 Å². The molecule has 1 saturated carbocycles. The summed E-state index contributed by atoms with van der Waals surface area (Å²) in [5.41, 5.74) is 14.9. The molecule has 1 fully saturated rings. The molecule has 5 N–H and O–H groups in total. The molecule has 31 heavy (non-hydrogen) atoms. The Bertz CT molecular complexity index is 1040. The van der Waals surface area contributed by atoms with E-state index in [9.17, 15) is 4.79 Å². The van der Waals surface area contributed by atoms with Gasteiger partial charge in [0.1, 0.15) is 6.26 Å². The maximum atomic E-state index is 12.3. The molecule has 3 aromatic rings. The van der Waals surface area contributed by atoms with Crippen molar-refractivity contribution in [3.63, 3.8) is 0 Å². The van der Waals surface area contributed by atoms with Crippen LogP contribution in [0.5, 0.6) is 0 Å². The van der Waals surface area contributed by atoms with E-state index in [1.54, 1.807) is 6.07 Å². The number of aromatic nitrogens is 2. The monoisotopic (exact) mass is 439 g/mol. The summed E-state index contributed by atoms with van der Waals surface area (Å²) in [6.45, 7) is 0. The average molecular weight is 440 g/mol. The Morgan fingerprint density at radius 3 is 2.61 bits per heavy atom. The van der Waals surface area contributed by atoms with Crippen molar-refractivity contribution in [3.05, 3.63) is 59.2 Å². The van der Waals surface area contributed by atoms with Crippen molar-refractivity contribution in [3.8, 4) is 11.1 Å². The van der Waals surface area contributed by atoms with Gasteiger partial charge in [-0.15, -0.1) is 0 Å². The first-order valence-electron chi connectivity index (χ1n) is 10.5. The fourth-order valence-corrected chi connectivity index (χ4v) is 4.12. The highest BCUT2D eigenvalue weighted by Crippen LogP contribution is 2.30. The van der Waals surface area contributed by atoms with Crippen LogP contribution < -0.4 is 16.8 Å². The highest BCUT2D eigenvalue weighted by atomic mass is 35.5. The van der Waals surface area contributed by atoms with Crippen molar-refractivity contribution in [1.29, 1.82) is 0 Å². The molecule has 0 spiro atoms. The van der Waals surface area contributed by atoms with E-state index in [0.717, 1.165) is 48.4 Å². The van der Waals surface area contributed by atoms with Crippen LogP contribution in [0.3, 0.4) is 0 Å². The zero-order chi connectivity index (χ0) is 21.8. The standard InChI is InChI=1S/C23H26ClN5O2/c24-19-10-5-15(11-20(19)28-22(30)21-13-31-23(26)29-21)16-4-9-18(27-12-16)8-3-14-1-6-17(25)7-2-14/h4-5,9-14,17H,1-3,6-8,25H2,(H2,26,29)(H,28,30). The highest BCUT2D eigenvalue weighted by molar-refractivity contribution is 6.34. The lowest BCUT2D eigenvalue weighted by atomic mass is 9.83. The minimum atomic E-state index is -0.448. The molecule has 4 rings (SSSR count). The van der Waals surface area contributed by atoms with Crippen LogP contribution in [-0.2, 0) is 6.42 Å². The fourth-order valence-electron chi connectivity index (χ4n) is 3.95. The zero-order valence-corrected chi connectivity index (χ0v) is 17.9. The van der Waals surface area contributed by atoms with E-state index in [1.165, 1.54) is 19.1 Å². The molecule has 0 unspecified atom stereocenters. The third-order valence-electron chi connectivity index (χ3n) is 5.83. The van der Waals surface area contributed by atoms with Crippen molar-refractivity contribution < 1.29 is 9.21 Å². The molecule has 7 nitrogen and oxygen atoms in total. The molecule has 1 amide bonds. The number of pyridine rings is 1. The van der Waals surface area contributed by atoms with Crippen LogP contribution >= 0.6 is 11.6 Å². The Balaban J connectivity index is 1.41. The molecule has 0 radical (unpaired) electrons. The normalized spacial score (nSPS) is 18.6. The number of amides is 1. The average Bonchev–Trinajstić information content (AvgIpc) is 3.22. The van der Waals surface area contributed by atoms with Gasteiger partial charge in [-0.1, -0.05) is 23.7 Å². The Hall–Kier alpha value is -2.90. The number of nitrogens with zero attached hydrogens (tertiary/aromatic N) is 2. The maximum Gasteiger partial charge on any atom is 0.292 e. The molecule has 162 valence electrons. The van der Waals surface area contributed by atoms with Gasteiger partial charge in [0, 0.05) is 23.5 Å². The second-order valence-corrected chi connectivity index (χ2v) is 8.48. The largest absolute Gasteiger partial charge is 0.431 e. The summed E-state index contributed by atoms with van der Waals surface area (Å²) in [6, 6.07) is 9.88. The number of carbonyl (C=O) groups is 1. The number of aryl methyl sites for hydroxylation is 1. The van der Waals surface area contributed by atoms with Crippen LogP contribution in [0.2, 0.25) is 5.02 Å². The van der Waals surface area contributed by atoms with Crippen LogP contribution in [0.15, 0.2) is 47.2 Å². The molecule has 1 aromatic carbocycles. The molecule has 0 bridgehead atoms. The van der Waals surface area contributed by atoms with Crippen molar-refractivity contribution >= 4 is 29.2 Å². The third kappa shape index (κ3) is 5.42. The van der Waals surface area contributed by atoms with Gasteiger partial charge in [0.25, 0.3) is 11.9 Å². The van der Waals surface area contributed by atoms with Crippen LogP contribution in [0.4, 0.5) is 11.7 Å². The molecular formula is C23H26ClN5O2. The molecule has 0 aliphatic heterocycles. The smallest absolute Gasteiger partial charge is 0.292 e. The van der Waals surface area contributed by atoms with Gasteiger partial charge in [-0.25, -0.2) is 0 Å². The van der Waals surface area contributed by atoms with Crippen LogP contribution in [0, 0.1) is 5.92 Å². The number of nitrogen functional groups attached to an aromatic ring is 1. The minimum absolute atomic E-state index is 0.0665. The second-order valence-electron chi connectivity index (χ2n) is 8.08. The number of anilines is 2. The van der Waals surface area contributed by atoms with Gasteiger partial charge in [-0.3, -0.25) is 9.78 Å². The van der Waals surface area contributed by atoms with Crippen LogP contribution in [0.1, 0.15) is 48.3 Å². The van der Waals surface area contributed by atoms with Crippen molar-refractivity contribution in [1.82, 2.24) is 9.97 Å². The SMILES string of the molecule is Nc1nc(C(=O)Nc2cc(-c3ccc(CCC4CCC(N)CC4)nc3)ccc2Cl)co1. The van der Waals surface area contributed by atoms with Gasteiger partial charge in [-0.05, 0) is 68.2 Å². The highest BCUT2D eigenvalue weighted by Gasteiger charge is 2.18. The molecular weight excluding hydrogens is 414 g/mol. The summed E-state index contributed by atoms with van der Waals surface area (Å²) in [5.74, 6) is 0.306. The lowest BCUT2D eigenvalue weighted by Gasteiger charge is -2.25. The van der Waals surface area contributed by atoms with Gasteiger partial charge in [0.05, 0.1) is 10.7 Å². The van der Waals surface area contributed by atoms with Crippen molar-refractivity contribution in [2.24, 2.45) is 11.7 Å². The number of halogens is 1. The lowest BCUT2D eigenvalue weighted by molar-refractivity contribution is 0.102. The predicted molar refractivity (Wildman–Crippen MR) is 122 cm³/mol. The number of nitrogens with two attached hydrogens (primary N) is 2. The van der Waals surface area contributed by atoms with E-state index in [-0.39, 0.29) is 11.7 Å². The molecule has 1 aliphatic rings. The molecule has 0 saturated heterocycles. The fraction of sp³-hybridized carbons (Fsp3) is 0.348. The van der Waals surface area contributed by atoms with E-state index in [0.29, 0.717) is 16.8 Å². The first-order valence-corrected chi connectivity index (χ1v) is 10.9. The number of oxazole rings is 1. The molecule has 1 aliphatic carbocycles. The van der Waals surface area contributed by atoms with Crippen LogP contribution in [0.25, 0.3) is 11.1 Å². The summed E-state index contributed by atoms with van der Waals surface area (Å²) in [6.07, 6.45) is 9.91. The Kier molecular flexibility index (Phi) is 6.53. The Morgan fingerprint density at radius 1 is 1.16 bits per heavy atom. The minimum Gasteiger partial charge on any atom is -0.431 e. The van der Waals surface area contributed by atoms with Crippen molar-refractivity contribution in [2.75, 3.05) is 11.1 Å². The van der Waals surface area contributed by atoms with Gasteiger partial charge >= 0.3 is 0 Å². The van der Waals surface area contributed by atoms with Gasteiger partial charge < -0.3 is 21.2 Å². The molecule has 0 atom stereocenters. The summed E-state index contributed by atoms with van der Waals surface area (Å²) in [4.78, 5) is 20.8. The zero-order valence-electron chi connectivity index (χ0n) is 17.2. The number of hydrogen-bond donors (Lipinski definition) is 3. The molecule has 2 aromatic heterocycles. The molecule has 2 heterocycles. The number of rotatable bonds is 6. The quantitative estimate of drug-likeness (QED) is 0.513. The maximum absolute atomic E-state index is 12.3. The third-order valence-corrected chi connectivity index (χ3v) is 6.16. The Labute approximate surface area is 186 Å². The van der Waals surface area contributed by atoms with Gasteiger partial charge in [0.15, 0.2) is 5.69 Å². The number of carbonyl (C=O) groups excluding carboxylic acids is 1. The van der Waals surface area contributed by atoms with E-state index < -0.39 is 5.91 Å². The second kappa shape index (κ2) is 9.49. The summed E-state index contributed by atoms with van der Waals surface area (Å²) >= 11 is 6.26. The van der Waals surface area contributed by atoms with Gasteiger partial charge in [0.2, 0.25) is 0 Å². The number of benzene rings is 1. The first kappa shape index (κ1) is 21.3. The summed E-state index contributed by atoms with van der Waals surface area (Å²) in [5, 5.41) is 3.16. The van der Waals surface area contributed by atoms with Crippen LogP contribution in [-0.4, -0.2) is 21.9 Å². The van der Waals surface area contributed by atoms with Crippen molar-refractivity contribution in [2.45, 2.75) is 44.6 Å². The summed E-state index contributed by atoms with van der Waals surface area (Å²) < 4.78 is 4.88. The van der Waals surface area contributed by atoms with E-state index in [4.69, 9.17) is 27.5 Å². The Morgan fingerprint density at radius 2 is 1.94 bits per heavy atom. The first-order chi connectivity index (χ1) is 15.0. The number of nitrogens with one attached hydrogen (secondary N) is 1.